The lowest BCUT2D eigenvalue weighted by Gasteiger charge is -2.25. The SMILES string of the molecule is CC1OCCNC1O. The van der Waals surface area contributed by atoms with Crippen molar-refractivity contribution in [2.24, 2.45) is 0 Å². The third-order valence-electron chi connectivity index (χ3n) is 1.28. The lowest BCUT2D eigenvalue weighted by molar-refractivity contribution is -0.0727. The molecule has 1 fully saturated rings. The first kappa shape index (κ1) is 6.01. The minimum Gasteiger partial charge on any atom is -0.376 e. The Morgan fingerprint density at radius 2 is 2.50 bits per heavy atom. The molecule has 8 heavy (non-hydrogen) atoms. The van der Waals surface area contributed by atoms with E-state index in [2.05, 4.69) is 5.32 Å². The molecule has 0 saturated carbocycles. The van der Waals surface area contributed by atoms with E-state index in [9.17, 15) is 0 Å². The zero-order valence-electron chi connectivity index (χ0n) is 4.92. The fraction of sp³-hybridized carbons (Fsp3) is 1.00. The molecule has 2 N–H and O–H groups in total. The first-order valence-electron chi connectivity index (χ1n) is 2.84. The second-order valence-electron chi connectivity index (χ2n) is 1.97. The molecule has 2 atom stereocenters. The summed E-state index contributed by atoms with van der Waals surface area (Å²) in [5, 5.41) is 11.8. The molecule has 0 amide bonds. The highest BCUT2D eigenvalue weighted by molar-refractivity contribution is 4.65. The second kappa shape index (κ2) is 2.44. The van der Waals surface area contributed by atoms with E-state index in [0.29, 0.717) is 6.61 Å². The molecule has 3 nitrogen and oxygen atoms in total. The Morgan fingerprint density at radius 1 is 1.75 bits per heavy atom. The number of hydrogen-bond donors (Lipinski definition) is 2. The Morgan fingerprint density at radius 3 is 2.88 bits per heavy atom. The van der Waals surface area contributed by atoms with Gasteiger partial charge in [0.15, 0.2) is 0 Å². The maximum Gasteiger partial charge on any atom is 0.131 e. The molecule has 1 aliphatic rings. The summed E-state index contributed by atoms with van der Waals surface area (Å²) < 4.78 is 5.08. The Hall–Kier alpha value is -0.120. The number of ether oxygens (including phenoxy) is 1. The highest BCUT2D eigenvalue weighted by Crippen LogP contribution is 1.98. The topological polar surface area (TPSA) is 41.5 Å². The summed E-state index contributed by atoms with van der Waals surface area (Å²) in [5.41, 5.74) is 0. The van der Waals surface area contributed by atoms with Gasteiger partial charge in [0.2, 0.25) is 0 Å². The normalized spacial score (nSPS) is 39.8. The average Bonchev–Trinajstić information content (AvgIpc) is 1.77. The van der Waals surface area contributed by atoms with Crippen molar-refractivity contribution in [1.29, 1.82) is 0 Å². The molecule has 0 spiro atoms. The van der Waals surface area contributed by atoms with Gasteiger partial charge in [-0.2, -0.15) is 0 Å². The van der Waals surface area contributed by atoms with Gasteiger partial charge in [0.05, 0.1) is 12.7 Å². The highest BCUT2D eigenvalue weighted by Gasteiger charge is 2.17. The fourth-order valence-electron chi connectivity index (χ4n) is 0.709. The second-order valence-corrected chi connectivity index (χ2v) is 1.97. The van der Waals surface area contributed by atoms with Crippen LogP contribution in [0.15, 0.2) is 0 Å². The van der Waals surface area contributed by atoms with Gasteiger partial charge in [-0.3, -0.25) is 5.32 Å². The van der Waals surface area contributed by atoms with Crippen molar-refractivity contribution in [2.75, 3.05) is 13.2 Å². The molecule has 0 bridgehead atoms. The summed E-state index contributed by atoms with van der Waals surface area (Å²) in [7, 11) is 0. The van der Waals surface area contributed by atoms with Gasteiger partial charge in [-0.1, -0.05) is 0 Å². The van der Waals surface area contributed by atoms with Crippen LogP contribution in [0.3, 0.4) is 0 Å². The number of aliphatic hydroxyl groups excluding tert-OH is 1. The lowest BCUT2D eigenvalue weighted by Crippen LogP contribution is -2.46. The molecular formula is C5H11NO2. The molecule has 0 radical (unpaired) electrons. The summed E-state index contributed by atoms with van der Waals surface area (Å²) in [6, 6.07) is 0. The molecule has 48 valence electrons. The standard InChI is InChI=1S/C5H11NO2/c1-4-5(7)6-2-3-8-4/h4-7H,2-3H2,1H3. The van der Waals surface area contributed by atoms with E-state index in [1.165, 1.54) is 0 Å². The van der Waals surface area contributed by atoms with Gasteiger partial charge in [0, 0.05) is 6.54 Å². The summed E-state index contributed by atoms with van der Waals surface area (Å²) in [6.07, 6.45) is -0.521. The van der Waals surface area contributed by atoms with Gasteiger partial charge in [0.25, 0.3) is 0 Å². The molecular weight excluding hydrogens is 106 g/mol. The van der Waals surface area contributed by atoms with Gasteiger partial charge >= 0.3 is 0 Å². The maximum absolute atomic E-state index is 8.94. The molecule has 1 aliphatic heterocycles. The van der Waals surface area contributed by atoms with Crippen molar-refractivity contribution in [3.05, 3.63) is 0 Å². The van der Waals surface area contributed by atoms with Crippen LogP contribution in [-0.2, 0) is 4.74 Å². The van der Waals surface area contributed by atoms with Crippen molar-refractivity contribution < 1.29 is 9.84 Å². The largest absolute Gasteiger partial charge is 0.376 e. The fourth-order valence-corrected chi connectivity index (χ4v) is 0.709. The number of aliphatic hydroxyl groups is 1. The van der Waals surface area contributed by atoms with Crippen LogP contribution in [0.2, 0.25) is 0 Å². The predicted molar refractivity (Wildman–Crippen MR) is 29.4 cm³/mol. The Balaban J connectivity index is 2.28. The van der Waals surface area contributed by atoms with E-state index in [1.807, 2.05) is 6.92 Å². The summed E-state index contributed by atoms with van der Waals surface area (Å²) in [4.78, 5) is 0. The van der Waals surface area contributed by atoms with E-state index in [-0.39, 0.29) is 6.10 Å². The van der Waals surface area contributed by atoms with Crippen molar-refractivity contribution >= 4 is 0 Å². The number of hydrogen-bond acceptors (Lipinski definition) is 3. The number of nitrogens with one attached hydrogen (secondary N) is 1. The molecule has 1 heterocycles. The zero-order chi connectivity index (χ0) is 5.98. The van der Waals surface area contributed by atoms with Crippen LogP contribution < -0.4 is 5.32 Å². The molecule has 2 unspecified atom stereocenters. The van der Waals surface area contributed by atoms with Crippen LogP contribution >= 0.6 is 0 Å². The van der Waals surface area contributed by atoms with Gasteiger partial charge in [-0.05, 0) is 6.92 Å². The predicted octanol–water partition coefficient (Wildman–Crippen LogP) is -0.687. The molecule has 0 aromatic carbocycles. The van der Waals surface area contributed by atoms with Gasteiger partial charge in [0.1, 0.15) is 6.23 Å². The lowest BCUT2D eigenvalue weighted by atomic mass is 10.3. The van der Waals surface area contributed by atoms with Gasteiger partial charge < -0.3 is 9.84 Å². The molecule has 0 aliphatic carbocycles. The Labute approximate surface area is 48.7 Å². The number of rotatable bonds is 0. The van der Waals surface area contributed by atoms with Crippen LogP contribution in [0.4, 0.5) is 0 Å². The zero-order valence-corrected chi connectivity index (χ0v) is 4.92. The maximum atomic E-state index is 8.94. The van der Waals surface area contributed by atoms with Crippen LogP contribution in [0.5, 0.6) is 0 Å². The third-order valence-corrected chi connectivity index (χ3v) is 1.28. The van der Waals surface area contributed by atoms with Gasteiger partial charge in [-0.25, -0.2) is 0 Å². The molecule has 0 aromatic rings. The quantitative estimate of drug-likeness (QED) is 0.441. The van der Waals surface area contributed by atoms with E-state index in [1.54, 1.807) is 0 Å². The van der Waals surface area contributed by atoms with Gasteiger partial charge in [-0.15, -0.1) is 0 Å². The van der Waals surface area contributed by atoms with E-state index < -0.39 is 6.23 Å². The third kappa shape index (κ3) is 1.18. The van der Waals surface area contributed by atoms with E-state index >= 15 is 0 Å². The van der Waals surface area contributed by atoms with E-state index in [0.717, 1.165) is 6.54 Å². The van der Waals surface area contributed by atoms with Crippen LogP contribution in [0.1, 0.15) is 6.92 Å². The highest BCUT2D eigenvalue weighted by atomic mass is 16.5. The summed E-state index contributed by atoms with van der Waals surface area (Å²) in [6.45, 7) is 3.31. The van der Waals surface area contributed by atoms with Crippen molar-refractivity contribution in [3.8, 4) is 0 Å². The first-order chi connectivity index (χ1) is 3.80. The summed E-state index contributed by atoms with van der Waals surface area (Å²) in [5.74, 6) is 0. The van der Waals surface area contributed by atoms with Crippen LogP contribution in [-0.4, -0.2) is 30.6 Å². The monoisotopic (exact) mass is 117 g/mol. The smallest absolute Gasteiger partial charge is 0.131 e. The molecule has 1 saturated heterocycles. The van der Waals surface area contributed by atoms with Crippen LogP contribution in [0, 0.1) is 0 Å². The molecule has 1 rings (SSSR count). The average molecular weight is 117 g/mol. The molecule has 3 heteroatoms. The summed E-state index contributed by atoms with van der Waals surface area (Å²) >= 11 is 0. The Kier molecular flexibility index (Phi) is 1.83. The minimum atomic E-state index is -0.469. The van der Waals surface area contributed by atoms with Crippen LogP contribution in [0.25, 0.3) is 0 Å². The molecule has 0 aromatic heterocycles. The van der Waals surface area contributed by atoms with Crippen molar-refractivity contribution in [2.45, 2.75) is 19.3 Å². The first-order valence-corrected chi connectivity index (χ1v) is 2.84. The number of morpholine rings is 1. The van der Waals surface area contributed by atoms with Crippen molar-refractivity contribution in [1.82, 2.24) is 5.32 Å². The van der Waals surface area contributed by atoms with Crippen molar-refractivity contribution in [3.63, 3.8) is 0 Å². The van der Waals surface area contributed by atoms with E-state index in [4.69, 9.17) is 9.84 Å². The minimum absolute atomic E-state index is 0.0521. The Bertz CT molecular complexity index is 66.8.